The highest BCUT2D eigenvalue weighted by atomic mass is 16.2. The second kappa shape index (κ2) is 8.29. The quantitative estimate of drug-likeness (QED) is 0.888. The Labute approximate surface area is 143 Å². The van der Waals surface area contributed by atoms with Crippen LogP contribution >= 0.6 is 0 Å². The summed E-state index contributed by atoms with van der Waals surface area (Å²) in [6.07, 6.45) is 0. The van der Waals surface area contributed by atoms with Crippen LogP contribution in [0.3, 0.4) is 0 Å². The highest BCUT2D eigenvalue weighted by Gasteiger charge is 2.14. The Morgan fingerprint density at radius 1 is 0.875 bits per heavy atom. The Bertz CT molecular complexity index is 691. The molecule has 0 aliphatic rings. The molecule has 0 spiro atoms. The number of hydrogen-bond acceptors (Lipinski definition) is 2. The van der Waals surface area contributed by atoms with E-state index in [9.17, 15) is 9.59 Å². The molecule has 0 atom stereocenters. The van der Waals surface area contributed by atoms with E-state index in [1.54, 1.807) is 4.90 Å². The first kappa shape index (κ1) is 17.7. The van der Waals surface area contributed by atoms with E-state index in [4.69, 9.17) is 0 Å². The Morgan fingerprint density at radius 2 is 1.38 bits per heavy atom. The molecule has 0 unspecified atom stereocenters. The van der Waals surface area contributed by atoms with Crippen LogP contribution in [0, 0.1) is 13.8 Å². The number of benzene rings is 2. The van der Waals surface area contributed by atoms with Crippen molar-refractivity contribution in [2.75, 3.05) is 6.54 Å². The van der Waals surface area contributed by atoms with Crippen LogP contribution in [0.25, 0.3) is 0 Å². The van der Waals surface area contributed by atoms with E-state index in [1.807, 2.05) is 62.4 Å². The molecule has 2 amide bonds. The molecule has 0 saturated heterocycles. The predicted octanol–water partition coefficient (Wildman–Crippen LogP) is 2.97. The first-order chi connectivity index (χ1) is 11.4. The summed E-state index contributed by atoms with van der Waals surface area (Å²) in [5.41, 5.74) is 4.42. The summed E-state index contributed by atoms with van der Waals surface area (Å²) in [6.45, 7) is 6.50. The normalized spacial score (nSPS) is 10.3. The van der Waals surface area contributed by atoms with Gasteiger partial charge in [-0.3, -0.25) is 9.59 Å². The largest absolute Gasteiger partial charge is 0.350 e. The highest BCUT2D eigenvalue weighted by molar-refractivity contribution is 5.83. The first-order valence-electron chi connectivity index (χ1n) is 8.07. The second-order valence-corrected chi connectivity index (χ2v) is 6.12. The average Bonchev–Trinajstić information content (AvgIpc) is 2.55. The van der Waals surface area contributed by atoms with E-state index < -0.39 is 0 Å². The second-order valence-electron chi connectivity index (χ2n) is 6.12. The zero-order valence-corrected chi connectivity index (χ0v) is 14.5. The van der Waals surface area contributed by atoms with Gasteiger partial charge in [0.1, 0.15) is 0 Å². The fourth-order valence-corrected chi connectivity index (χ4v) is 2.33. The molecule has 4 nitrogen and oxygen atoms in total. The molecular weight excluding hydrogens is 300 g/mol. The van der Waals surface area contributed by atoms with Gasteiger partial charge in [0.25, 0.3) is 0 Å². The number of rotatable bonds is 6. The van der Waals surface area contributed by atoms with Crippen molar-refractivity contribution < 1.29 is 9.59 Å². The molecule has 0 saturated carbocycles. The molecule has 1 N–H and O–H groups in total. The molecule has 0 radical (unpaired) electrons. The Kier molecular flexibility index (Phi) is 6.13. The van der Waals surface area contributed by atoms with Crippen LogP contribution in [0.2, 0.25) is 0 Å². The van der Waals surface area contributed by atoms with E-state index in [-0.39, 0.29) is 18.4 Å². The number of nitrogens with one attached hydrogen (secondary N) is 1. The van der Waals surface area contributed by atoms with Gasteiger partial charge < -0.3 is 10.2 Å². The minimum Gasteiger partial charge on any atom is -0.350 e. The van der Waals surface area contributed by atoms with E-state index >= 15 is 0 Å². The molecule has 0 bridgehead atoms. The molecule has 2 rings (SSSR count). The summed E-state index contributed by atoms with van der Waals surface area (Å²) < 4.78 is 0. The van der Waals surface area contributed by atoms with Gasteiger partial charge in [0.15, 0.2) is 0 Å². The van der Waals surface area contributed by atoms with Gasteiger partial charge >= 0.3 is 0 Å². The maximum atomic E-state index is 12.1. The van der Waals surface area contributed by atoms with Crippen molar-refractivity contribution >= 4 is 11.8 Å². The van der Waals surface area contributed by atoms with Gasteiger partial charge in [-0.05, 0) is 25.0 Å². The molecule has 0 aliphatic heterocycles. The minimum absolute atomic E-state index is 0.0646. The maximum absolute atomic E-state index is 12.1. The zero-order chi connectivity index (χ0) is 17.5. The minimum atomic E-state index is -0.155. The summed E-state index contributed by atoms with van der Waals surface area (Å²) in [4.78, 5) is 25.5. The molecule has 24 heavy (non-hydrogen) atoms. The van der Waals surface area contributed by atoms with E-state index in [0.29, 0.717) is 13.1 Å². The lowest BCUT2D eigenvalue weighted by molar-refractivity contribution is -0.135. The van der Waals surface area contributed by atoms with Crippen LogP contribution in [0.5, 0.6) is 0 Å². The van der Waals surface area contributed by atoms with Gasteiger partial charge in [-0.25, -0.2) is 0 Å². The van der Waals surface area contributed by atoms with Gasteiger partial charge in [0.05, 0.1) is 6.54 Å². The van der Waals surface area contributed by atoms with Crippen molar-refractivity contribution in [3.05, 3.63) is 70.8 Å². The van der Waals surface area contributed by atoms with Gasteiger partial charge in [0.2, 0.25) is 11.8 Å². The molecule has 0 fully saturated rings. The smallest absolute Gasteiger partial charge is 0.239 e. The summed E-state index contributed by atoms with van der Waals surface area (Å²) in [5.74, 6) is -0.265. The third-order valence-electron chi connectivity index (χ3n) is 3.88. The number of hydrogen-bond donors (Lipinski definition) is 1. The summed E-state index contributed by atoms with van der Waals surface area (Å²) in [6, 6.07) is 16.0. The fraction of sp³-hybridized carbons (Fsp3) is 0.300. The molecule has 126 valence electrons. The van der Waals surface area contributed by atoms with Crippen molar-refractivity contribution in [3.8, 4) is 0 Å². The van der Waals surface area contributed by atoms with Gasteiger partial charge in [-0.2, -0.15) is 0 Å². The lowest BCUT2D eigenvalue weighted by Gasteiger charge is -2.20. The van der Waals surface area contributed by atoms with Crippen LogP contribution in [0.1, 0.15) is 29.2 Å². The fourth-order valence-electron chi connectivity index (χ4n) is 2.33. The molecule has 2 aromatic rings. The summed E-state index contributed by atoms with van der Waals surface area (Å²) in [7, 11) is 0. The predicted molar refractivity (Wildman–Crippen MR) is 95.3 cm³/mol. The van der Waals surface area contributed by atoms with Crippen LogP contribution < -0.4 is 5.32 Å². The van der Waals surface area contributed by atoms with Crippen LogP contribution in [0.15, 0.2) is 48.5 Å². The number of carbonyl (C=O) groups is 2. The van der Waals surface area contributed by atoms with Crippen molar-refractivity contribution in [3.63, 3.8) is 0 Å². The summed E-state index contributed by atoms with van der Waals surface area (Å²) >= 11 is 0. The van der Waals surface area contributed by atoms with Crippen molar-refractivity contribution in [2.24, 2.45) is 0 Å². The lowest BCUT2D eigenvalue weighted by atomic mass is 10.1. The number of amides is 2. The SMILES string of the molecule is CC(=O)N(CC(=O)NCc1ccc(C)cc1)Cc1ccc(C)cc1. The maximum Gasteiger partial charge on any atom is 0.239 e. The van der Waals surface area contributed by atoms with Crippen LogP contribution in [0.4, 0.5) is 0 Å². The third-order valence-corrected chi connectivity index (χ3v) is 3.88. The third kappa shape index (κ3) is 5.54. The molecule has 4 heteroatoms. The van der Waals surface area contributed by atoms with Gasteiger partial charge in [-0.15, -0.1) is 0 Å². The van der Waals surface area contributed by atoms with Crippen LogP contribution in [-0.4, -0.2) is 23.3 Å². The molecule has 0 aromatic heterocycles. The van der Waals surface area contributed by atoms with Crippen molar-refractivity contribution in [1.82, 2.24) is 10.2 Å². The van der Waals surface area contributed by atoms with Crippen LogP contribution in [-0.2, 0) is 22.7 Å². The topological polar surface area (TPSA) is 49.4 Å². The average molecular weight is 324 g/mol. The Balaban J connectivity index is 1.89. The lowest BCUT2D eigenvalue weighted by Crippen LogP contribution is -2.39. The van der Waals surface area contributed by atoms with Gasteiger partial charge in [0, 0.05) is 20.0 Å². The molecular formula is C20H24N2O2. The molecule has 0 heterocycles. The summed E-state index contributed by atoms with van der Waals surface area (Å²) in [5, 5.41) is 2.87. The first-order valence-corrected chi connectivity index (χ1v) is 8.07. The number of nitrogens with zero attached hydrogens (tertiary/aromatic N) is 1. The van der Waals surface area contributed by atoms with E-state index in [2.05, 4.69) is 5.32 Å². The Morgan fingerprint density at radius 3 is 1.88 bits per heavy atom. The highest BCUT2D eigenvalue weighted by Crippen LogP contribution is 2.07. The Hall–Kier alpha value is -2.62. The number of aryl methyl sites for hydroxylation is 2. The zero-order valence-electron chi connectivity index (χ0n) is 14.5. The molecule has 0 aliphatic carbocycles. The van der Waals surface area contributed by atoms with E-state index in [1.165, 1.54) is 18.1 Å². The van der Waals surface area contributed by atoms with Gasteiger partial charge in [-0.1, -0.05) is 59.7 Å². The van der Waals surface area contributed by atoms with E-state index in [0.717, 1.165) is 11.1 Å². The monoisotopic (exact) mass is 324 g/mol. The molecule has 2 aromatic carbocycles. The van der Waals surface area contributed by atoms with Crippen molar-refractivity contribution in [1.29, 1.82) is 0 Å². The number of carbonyl (C=O) groups excluding carboxylic acids is 2. The van der Waals surface area contributed by atoms with Crippen molar-refractivity contribution in [2.45, 2.75) is 33.9 Å². The standard InChI is InChI=1S/C20H24N2O2/c1-15-4-8-18(9-5-15)12-21-20(24)14-22(17(3)23)13-19-10-6-16(2)7-11-19/h4-11H,12-14H2,1-3H3,(H,21,24).